The molecule has 1 N–H and O–H groups in total. The van der Waals surface area contributed by atoms with Crippen LogP contribution in [-0.2, 0) is 21.4 Å². The highest BCUT2D eigenvalue weighted by Gasteiger charge is 2.23. The van der Waals surface area contributed by atoms with E-state index in [1.807, 2.05) is 0 Å². The number of rotatable bonds is 7. The fourth-order valence-electron chi connectivity index (χ4n) is 3.76. The van der Waals surface area contributed by atoms with Crippen LogP contribution in [0.15, 0.2) is 57.6 Å². The van der Waals surface area contributed by atoms with Gasteiger partial charge in [-0.1, -0.05) is 0 Å². The lowest BCUT2D eigenvalue weighted by molar-refractivity contribution is -0.125. The molecule has 1 aliphatic rings. The number of nitroso groups, excluding NO2 is 2. The zero-order valence-electron chi connectivity index (χ0n) is 18.9. The number of hydrogen-bond acceptors (Lipinski definition) is 9. The number of pyridine rings is 1. The predicted molar refractivity (Wildman–Crippen MR) is 127 cm³/mol. The van der Waals surface area contributed by atoms with Crippen LogP contribution in [0.2, 0.25) is 0 Å². The summed E-state index contributed by atoms with van der Waals surface area (Å²) in [5.74, 6) is -1.52. The number of benzene rings is 2. The molecule has 0 spiro atoms. The Balaban J connectivity index is 1.63. The van der Waals surface area contributed by atoms with E-state index in [0.29, 0.717) is 30.3 Å². The van der Waals surface area contributed by atoms with Gasteiger partial charge in [0.1, 0.15) is 35.9 Å². The van der Waals surface area contributed by atoms with Crippen LogP contribution in [-0.4, -0.2) is 48.6 Å². The first-order chi connectivity index (χ1) is 17.3. The van der Waals surface area contributed by atoms with Gasteiger partial charge in [-0.15, -0.1) is 9.81 Å². The third kappa shape index (κ3) is 4.72. The molecule has 1 fully saturated rings. The Hall–Kier alpha value is -4.78. The summed E-state index contributed by atoms with van der Waals surface area (Å²) in [7, 11) is 1.39. The van der Waals surface area contributed by atoms with Crippen LogP contribution in [0.1, 0.15) is 10.4 Å². The molecule has 0 radical (unpaired) electrons. The van der Waals surface area contributed by atoms with Crippen molar-refractivity contribution in [2.75, 3.05) is 31.2 Å². The second-order valence-electron chi connectivity index (χ2n) is 7.72. The van der Waals surface area contributed by atoms with E-state index in [2.05, 4.69) is 15.7 Å². The summed E-state index contributed by atoms with van der Waals surface area (Å²) in [5, 5.41) is 7.30. The van der Waals surface area contributed by atoms with E-state index < -0.39 is 35.2 Å². The predicted octanol–water partition coefficient (Wildman–Crippen LogP) is 2.11. The van der Waals surface area contributed by atoms with E-state index >= 15 is 0 Å². The molecule has 1 saturated heterocycles. The normalized spacial score (nSPS) is 13.4. The molecular weight excluding hydrogens is 474 g/mol. The number of hydrogen-bond donors (Lipinski definition) is 1. The summed E-state index contributed by atoms with van der Waals surface area (Å²) < 4.78 is 12.1. The van der Waals surface area contributed by atoms with Crippen LogP contribution in [0.5, 0.6) is 11.5 Å². The van der Waals surface area contributed by atoms with Crippen molar-refractivity contribution in [2.45, 2.75) is 0 Å². The summed E-state index contributed by atoms with van der Waals surface area (Å²) in [4.78, 5) is 71.8. The van der Waals surface area contributed by atoms with E-state index in [4.69, 9.17) is 9.47 Å². The molecule has 13 nitrogen and oxygen atoms in total. The first-order valence-corrected chi connectivity index (χ1v) is 10.6. The topological polar surface area (TPSA) is 166 Å². The number of carbonyl (C=O) groups is 3. The molecule has 13 heteroatoms. The number of ether oxygens (including phenoxy) is 2. The average molecular weight is 493 g/mol. The fourth-order valence-corrected chi connectivity index (χ4v) is 3.76. The Morgan fingerprint density at radius 1 is 1.08 bits per heavy atom. The number of aryl methyl sites for hydroxylation is 1. The summed E-state index contributed by atoms with van der Waals surface area (Å²) in [6.07, 6.45) is 0. The minimum Gasteiger partial charge on any atom is -0.457 e. The smallest absolute Gasteiger partial charge is 0.305 e. The lowest BCUT2D eigenvalue weighted by Crippen LogP contribution is -2.41. The Bertz CT molecular complexity index is 1450. The summed E-state index contributed by atoms with van der Waals surface area (Å²) in [6, 6.07) is 11.3. The van der Waals surface area contributed by atoms with Crippen molar-refractivity contribution in [3.8, 4) is 11.5 Å². The highest BCUT2D eigenvalue weighted by molar-refractivity contribution is 6.07. The average Bonchev–Trinajstić information content (AvgIpc) is 2.90. The lowest BCUT2D eigenvalue weighted by Gasteiger charge is -2.26. The maximum absolute atomic E-state index is 12.9. The highest BCUT2D eigenvalue weighted by atomic mass is 16.5. The zero-order chi connectivity index (χ0) is 25.8. The second-order valence-corrected chi connectivity index (χ2v) is 7.72. The van der Waals surface area contributed by atoms with Crippen LogP contribution in [0, 0.1) is 9.81 Å². The van der Waals surface area contributed by atoms with E-state index in [9.17, 15) is 29.0 Å². The first-order valence-electron chi connectivity index (χ1n) is 10.6. The van der Waals surface area contributed by atoms with Crippen LogP contribution >= 0.6 is 0 Å². The SMILES string of the molecule is Cn1c(=O)c(C(=O)NCC(=O)N=O)c(N=O)c2ccc(Oc3ccc(N4CCOCC4=O)cc3)cc21. The number of aromatic nitrogens is 1. The third-order valence-corrected chi connectivity index (χ3v) is 5.53. The maximum Gasteiger partial charge on any atom is 0.305 e. The zero-order valence-corrected chi connectivity index (χ0v) is 18.9. The molecule has 2 aromatic carbocycles. The van der Waals surface area contributed by atoms with Crippen molar-refractivity contribution < 1.29 is 23.9 Å². The number of nitrogens with one attached hydrogen (secondary N) is 1. The molecule has 0 aliphatic carbocycles. The molecule has 0 saturated carbocycles. The Morgan fingerprint density at radius 2 is 1.81 bits per heavy atom. The fraction of sp³-hybridized carbons (Fsp3) is 0.217. The van der Waals surface area contributed by atoms with E-state index in [0.717, 1.165) is 4.57 Å². The molecule has 184 valence electrons. The third-order valence-electron chi connectivity index (χ3n) is 5.53. The minimum atomic E-state index is -1.15. The van der Waals surface area contributed by atoms with Crippen molar-refractivity contribution in [3.63, 3.8) is 0 Å². The van der Waals surface area contributed by atoms with Crippen LogP contribution in [0.25, 0.3) is 10.9 Å². The largest absolute Gasteiger partial charge is 0.457 e. The van der Waals surface area contributed by atoms with Gasteiger partial charge in [0.05, 0.1) is 12.1 Å². The van der Waals surface area contributed by atoms with Gasteiger partial charge < -0.3 is 24.3 Å². The lowest BCUT2D eigenvalue weighted by atomic mass is 10.1. The van der Waals surface area contributed by atoms with E-state index in [-0.39, 0.29) is 23.4 Å². The molecule has 36 heavy (non-hydrogen) atoms. The molecular formula is C23H19N5O8. The number of fused-ring (bicyclic) bond motifs is 1. The van der Waals surface area contributed by atoms with Crippen LogP contribution in [0.4, 0.5) is 11.4 Å². The first kappa shape index (κ1) is 24.3. The molecule has 1 aromatic heterocycles. The molecule has 0 atom stereocenters. The molecule has 1 aliphatic heterocycles. The molecule has 0 bridgehead atoms. The van der Waals surface area contributed by atoms with Crippen LogP contribution in [0.3, 0.4) is 0 Å². The molecule has 4 rings (SSSR count). The standard InChI is InChI=1S/C23H19N5O8/c1-27-17-10-15(36-14-4-2-13(3-5-14)28-8-9-35-12-19(28)30)6-7-16(17)21(26-34)20(23(27)32)22(31)24-11-18(29)25-33/h2-7,10H,8-9,11-12H2,1H3,(H,24,31). The monoisotopic (exact) mass is 493 g/mol. The van der Waals surface area contributed by atoms with E-state index in [1.54, 1.807) is 29.2 Å². The molecule has 0 unspecified atom stereocenters. The number of morpholine rings is 1. The van der Waals surface area contributed by atoms with Gasteiger partial charge >= 0.3 is 5.91 Å². The van der Waals surface area contributed by atoms with Gasteiger partial charge in [0, 0.05) is 35.9 Å². The minimum absolute atomic E-state index is 0.0309. The molecule has 3 aromatic rings. The van der Waals surface area contributed by atoms with Crippen molar-refractivity contribution in [1.29, 1.82) is 0 Å². The number of amides is 3. The van der Waals surface area contributed by atoms with Crippen molar-refractivity contribution in [3.05, 3.63) is 68.2 Å². The Morgan fingerprint density at radius 3 is 2.47 bits per heavy atom. The summed E-state index contributed by atoms with van der Waals surface area (Å²) in [6.45, 7) is 0.209. The molecule has 2 heterocycles. The van der Waals surface area contributed by atoms with Crippen molar-refractivity contribution in [2.24, 2.45) is 17.4 Å². The molecule has 3 amide bonds. The van der Waals surface area contributed by atoms with Crippen molar-refractivity contribution >= 4 is 40.0 Å². The number of anilines is 1. The quantitative estimate of drug-likeness (QED) is 0.489. The van der Waals surface area contributed by atoms with Gasteiger partial charge in [-0.3, -0.25) is 19.2 Å². The van der Waals surface area contributed by atoms with Gasteiger partial charge in [-0.05, 0) is 41.6 Å². The highest BCUT2D eigenvalue weighted by Crippen LogP contribution is 2.32. The second kappa shape index (κ2) is 10.2. The maximum atomic E-state index is 12.9. The van der Waals surface area contributed by atoms with Gasteiger partial charge in [0.15, 0.2) is 0 Å². The van der Waals surface area contributed by atoms with Crippen LogP contribution < -0.4 is 20.5 Å². The van der Waals surface area contributed by atoms with Crippen molar-refractivity contribution in [1.82, 2.24) is 9.88 Å². The van der Waals surface area contributed by atoms with Gasteiger partial charge in [-0.25, -0.2) is 0 Å². The number of carbonyl (C=O) groups excluding carboxylic acids is 3. The number of nitrogens with zero attached hydrogens (tertiary/aromatic N) is 4. The van der Waals surface area contributed by atoms with Gasteiger partial charge in [-0.2, -0.15) is 0 Å². The van der Waals surface area contributed by atoms with Gasteiger partial charge in [0.25, 0.3) is 17.4 Å². The Kier molecular flexibility index (Phi) is 6.92. The Labute approximate surface area is 202 Å². The van der Waals surface area contributed by atoms with E-state index in [1.165, 1.54) is 25.2 Å². The summed E-state index contributed by atoms with van der Waals surface area (Å²) >= 11 is 0. The van der Waals surface area contributed by atoms with Gasteiger partial charge in [0.2, 0.25) is 0 Å². The summed E-state index contributed by atoms with van der Waals surface area (Å²) in [5.41, 5.74) is -0.846.